The lowest BCUT2D eigenvalue weighted by Crippen LogP contribution is -2.30. The van der Waals surface area contributed by atoms with Crippen LogP contribution in [0.2, 0.25) is 0 Å². The van der Waals surface area contributed by atoms with Gasteiger partial charge < -0.3 is 15.1 Å². The van der Waals surface area contributed by atoms with Crippen molar-refractivity contribution in [3.05, 3.63) is 101 Å². The molecule has 0 spiro atoms. The zero-order valence-corrected chi connectivity index (χ0v) is 22.6. The molecule has 37 heavy (non-hydrogen) atoms. The Kier molecular flexibility index (Phi) is 10.7. The van der Waals surface area contributed by atoms with Crippen LogP contribution in [0.25, 0.3) is 17.0 Å². The molecule has 1 aliphatic rings. The Morgan fingerprint density at radius 3 is 2.49 bits per heavy atom. The number of aromatic amines is 1. The Morgan fingerprint density at radius 1 is 1.03 bits per heavy atom. The van der Waals surface area contributed by atoms with Crippen LogP contribution >= 0.6 is 0 Å². The molecule has 0 fully saturated rings. The van der Waals surface area contributed by atoms with E-state index in [0.29, 0.717) is 23.6 Å². The van der Waals surface area contributed by atoms with Gasteiger partial charge in [0.15, 0.2) is 0 Å². The third-order valence-corrected chi connectivity index (χ3v) is 6.64. The fourth-order valence-corrected chi connectivity index (χ4v) is 4.80. The van der Waals surface area contributed by atoms with Crippen molar-refractivity contribution in [2.45, 2.75) is 65.8 Å². The van der Waals surface area contributed by atoms with Crippen LogP contribution in [0, 0.1) is 5.92 Å². The Morgan fingerprint density at radius 2 is 1.78 bits per heavy atom. The van der Waals surface area contributed by atoms with E-state index in [1.807, 2.05) is 74.6 Å². The number of hydrogen-bond acceptors (Lipinski definition) is 3. The van der Waals surface area contributed by atoms with E-state index in [9.17, 15) is 9.59 Å². The van der Waals surface area contributed by atoms with E-state index in [2.05, 4.69) is 41.5 Å². The normalized spacial score (nSPS) is 15.6. The van der Waals surface area contributed by atoms with Crippen LogP contribution in [0.15, 0.2) is 84.6 Å². The largest absolute Gasteiger partial charge is 0.381 e. The zero-order valence-electron chi connectivity index (χ0n) is 22.6. The topological polar surface area (TPSA) is 62.0 Å². The van der Waals surface area contributed by atoms with Gasteiger partial charge >= 0.3 is 0 Å². The van der Waals surface area contributed by atoms with E-state index in [1.54, 1.807) is 6.92 Å². The minimum atomic E-state index is -0.00555. The number of para-hydroxylation sites is 1. The highest BCUT2D eigenvalue weighted by molar-refractivity contribution is 6.10. The van der Waals surface area contributed by atoms with Gasteiger partial charge in [-0.15, -0.1) is 0 Å². The number of dihydropyridines is 1. The van der Waals surface area contributed by atoms with Crippen molar-refractivity contribution in [3.8, 4) is 0 Å². The van der Waals surface area contributed by atoms with Gasteiger partial charge in [-0.2, -0.15) is 0 Å². The Hall–Kier alpha value is -3.66. The molecule has 2 unspecified atom stereocenters. The van der Waals surface area contributed by atoms with Gasteiger partial charge in [-0.25, -0.2) is 0 Å². The predicted octanol–water partition coefficient (Wildman–Crippen LogP) is 8.03. The number of benzene rings is 2. The fourth-order valence-electron chi connectivity index (χ4n) is 4.80. The summed E-state index contributed by atoms with van der Waals surface area (Å²) in [5.74, 6) is 0.718. The highest BCUT2D eigenvalue weighted by atomic mass is 16.1. The van der Waals surface area contributed by atoms with E-state index in [0.717, 1.165) is 42.1 Å². The summed E-state index contributed by atoms with van der Waals surface area (Å²) in [6, 6.07) is 17.7. The van der Waals surface area contributed by atoms with Gasteiger partial charge in [0.05, 0.1) is 11.7 Å². The molecule has 2 atom stereocenters. The predicted molar refractivity (Wildman–Crippen MR) is 156 cm³/mol. The molecule has 1 aromatic heterocycles. The number of Topliss-reactive ketones (excluding diaryl/α,β-unsaturated/α-hetero) is 1. The average Bonchev–Trinajstić information content (AvgIpc) is 3.37. The number of hydrogen-bond donors (Lipinski definition) is 2. The first-order valence-electron chi connectivity index (χ1n) is 13.6. The molecule has 194 valence electrons. The summed E-state index contributed by atoms with van der Waals surface area (Å²) in [7, 11) is 0. The number of fused-ring (bicyclic) bond motifs is 1. The molecule has 0 radical (unpaired) electrons. The Balaban J connectivity index is 0.00000186. The number of carbonyl (C=O) groups is 2. The van der Waals surface area contributed by atoms with Crippen molar-refractivity contribution < 1.29 is 9.59 Å². The van der Waals surface area contributed by atoms with Gasteiger partial charge in [-0.05, 0) is 67.6 Å². The van der Waals surface area contributed by atoms with Crippen LogP contribution in [0.4, 0.5) is 0 Å². The second-order valence-electron chi connectivity index (χ2n) is 9.33. The number of carbonyl (C=O) groups excluding carboxylic acids is 2. The fraction of sp³-hybridized carbons (Fsp3) is 0.333. The van der Waals surface area contributed by atoms with Gasteiger partial charge in [0.1, 0.15) is 5.78 Å². The van der Waals surface area contributed by atoms with Crippen molar-refractivity contribution in [1.29, 1.82) is 0 Å². The first-order chi connectivity index (χ1) is 18.0. The molecule has 2 N–H and O–H groups in total. The maximum absolute atomic E-state index is 12.9. The summed E-state index contributed by atoms with van der Waals surface area (Å²) in [5.41, 5.74) is 4.67. The van der Waals surface area contributed by atoms with Crippen LogP contribution in [0.5, 0.6) is 0 Å². The number of allylic oxidation sites excluding steroid dienone is 2. The molecule has 4 heteroatoms. The monoisotopic (exact) mass is 496 g/mol. The summed E-state index contributed by atoms with van der Waals surface area (Å²) in [4.78, 5) is 27.6. The van der Waals surface area contributed by atoms with E-state index in [1.165, 1.54) is 5.57 Å². The minimum Gasteiger partial charge on any atom is -0.381 e. The number of ketones is 2. The van der Waals surface area contributed by atoms with Crippen molar-refractivity contribution >= 4 is 28.5 Å². The SMILES string of the molecule is CC.CCCC(CCCC(C)=O)C1=CC=CNC1/C=C\c1ccc(C(=O)c2cc3ccccc3[nH]2)cc1. The average molecular weight is 497 g/mol. The molecule has 0 saturated heterocycles. The van der Waals surface area contributed by atoms with Gasteiger partial charge in [0.2, 0.25) is 5.78 Å². The van der Waals surface area contributed by atoms with Crippen molar-refractivity contribution in [3.63, 3.8) is 0 Å². The lowest BCUT2D eigenvalue weighted by Gasteiger charge is -2.28. The van der Waals surface area contributed by atoms with Crippen LogP contribution < -0.4 is 5.32 Å². The van der Waals surface area contributed by atoms with Gasteiger partial charge in [0, 0.05) is 22.9 Å². The quantitative estimate of drug-likeness (QED) is 0.264. The van der Waals surface area contributed by atoms with Crippen LogP contribution in [0.3, 0.4) is 0 Å². The van der Waals surface area contributed by atoms with Crippen molar-refractivity contribution in [2.75, 3.05) is 0 Å². The molecule has 0 saturated carbocycles. The van der Waals surface area contributed by atoms with Crippen LogP contribution in [-0.4, -0.2) is 22.6 Å². The molecular weight excluding hydrogens is 456 g/mol. The lowest BCUT2D eigenvalue weighted by molar-refractivity contribution is -0.117. The summed E-state index contributed by atoms with van der Waals surface area (Å²) in [6.07, 6.45) is 15.4. The third kappa shape index (κ3) is 7.66. The van der Waals surface area contributed by atoms with Gasteiger partial charge in [-0.1, -0.05) is 87.9 Å². The molecule has 3 aromatic rings. The maximum atomic E-state index is 12.9. The molecule has 2 aromatic carbocycles. The third-order valence-electron chi connectivity index (χ3n) is 6.64. The van der Waals surface area contributed by atoms with E-state index < -0.39 is 0 Å². The maximum Gasteiger partial charge on any atom is 0.209 e. The first-order valence-corrected chi connectivity index (χ1v) is 13.6. The molecule has 0 amide bonds. The number of H-pyrrole nitrogens is 1. The zero-order chi connectivity index (χ0) is 26.6. The Labute approximate surface area is 221 Å². The van der Waals surface area contributed by atoms with E-state index >= 15 is 0 Å². The van der Waals surface area contributed by atoms with Crippen molar-refractivity contribution in [2.24, 2.45) is 5.92 Å². The summed E-state index contributed by atoms with van der Waals surface area (Å²) >= 11 is 0. The highest BCUT2D eigenvalue weighted by Crippen LogP contribution is 2.28. The van der Waals surface area contributed by atoms with Crippen LogP contribution in [0.1, 0.15) is 81.4 Å². The molecular formula is C33H40N2O2. The Bertz CT molecular complexity index is 1230. The first kappa shape index (κ1) is 27.9. The van der Waals surface area contributed by atoms with Gasteiger partial charge in [0.25, 0.3) is 0 Å². The van der Waals surface area contributed by atoms with E-state index in [4.69, 9.17) is 0 Å². The smallest absolute Gasteiger partial charge is 0.209 e. The highest BCUT2D eigenvalue weighted by Gasteiger charge is 2.21. The number of rotatable bonds is 11. The molecule has 0 bridgehead atoms. The van der Waals surface area contributed by atoms with Crippen molar-refractivity contribution in [1.82, 2.24) is 10.3 Å². The molecule has 4 nitrogen and oxygen atoms in total. The number of nitrogens with one attached hydrogen (secondary N) is 2. The second-order valence-corrected chi connectivity index (χ2v) is 9.33. The summed E-state index contributed by atoms with van der Waals surface area (Å²) < 4.78 is 0. The molecule has 4 rings (SSSR count). The second kappa shape index (κ2) is 14.2. The van der Waals surface area contributed by atoms with Gasteiger partial charge in [-0.3, -0.25) is 4.79 Å². The molecule has 0 aliphatic carbocycles. The standard InChI is InChI=1S/C31H34N2O2.C2H6/c1-3-8-24(11-6-9-22(2)34)27-12-7-20-32-29(27)19-16-23-14-17-25(18-15-23)31(35)30-21-26-10-4-5-13-28(26)33-30;1-2/h4-5,7,10,12-21,24,29,32-33H,3,6,8-9,11H2,1-2H3;1-2H3/b19-16-;. The number of aromatic nitrogens is 1. The molecule has 1 aliphatic heterocycles. The van der Waals surface area contributed by atoms with E-state index in [-0.39, 0.29) is 17.6 Å². The summed E-state index contributed by atoms with van der Waals surface area (Å²) in [6.45, 7) is 7.89. The lowest BCUT2D eigenvalue weighted by atomic mass is 9.83. The summed E-state index contributed by atoms with van der Waals surface area (Å²) in [5, 5.41) is 4.52. The minimum absolute atomic E-state index is 0.00555. The van der Waals surface area contributed by atoms with Crippen LogP contribution in [-0.2, 0) is 4.79 Å². The molecule has 2 heterocycles.